The summed E-state index contributed by atoms with van der Waals surface area (Å²) in [5.41, 5.74) is 0. The van der Waals surface area contributed by atoms with E-state index in [4.69, 9.17) is 14.2 Å². The molecule has 6 heteroatoms. The van der Waals surface area contributed by atoms with Gasteiger partial charge >= 0.3 is 17.9 Å². The van der Waals surface area contributed by atoms with Crippen molar-refractivity contribution in [3.8, 4) is 0 Å². The van der Waals surface area contributed by atoms with Gasteiger partial charge in [-0.05, 0) is 122 Å². The Kier molecular flexibility index (Phi) is 54.0. The van der Waals surface area contributed by atoms with Gasteiger partial charge in [-0.25, -0.2) is 0 Å². The van der Waals surface area contributed by atoms with Crippen LogP contribution in [-0.2, 0) is 28.6 Å². The summed E-state index contributed by atoms with van der Waals surface area (Å²) in [6.07, 6.45) is 79.0. The molecular formula is C64H104O6. The Balaban J connectivity index is 4.48. The minimum atomic E-state index is -0.807. The average molecular weight is 970 g/mol. The Morgan fingerprint density at radius 2 is 0.600 bits per heavy atom. The highest BCUT2D eigenvalue weighted by atomic mass is 16.6. The highest BCUT2D eigenvalue weighted by Crippen LogP contribution is 2.14. The van der Waals surface area contributed by atoms with Crippen LogP contribution in [0.4, 0.5) is 0 Å². The second-order valence-electron chi connectivity index (χ2n) is 18.5. The smallest absolute Gasteiger partial charge is 0.306 e. The van der Waals surface area contributed by atoms with Crippen LogP contribution in [0.25, 0.3) is 0 Å². The molecule has 1 unspecified atom stereocenters. The van der Waals surface area contributed by atoms with Crippen LogP contribution in [-0.4, -0.2) is 37.2 Å². The summed E-state index contributed by atoms with van der Waals surface area (Å²) in [6.45, 7) is 6.33. The van der Waals surface area contributed by atoms with Gasteiger partial charge in [0.1, 0.15) is 13.2 Å². The highest BCUT2D eigenvalue weighted by molar-refractivity contribution is 5.71. The lowest BCUT2D eigenvalue weighted by Crippen LogP contribution is -2.30. The van der Waals surface area contributed by atoms with Gasteiger partial charge in [0.15, 0.2) is 6.10 Å². The van der Waals surface area contributed by atoms with Gasteiger partial charge in [0.2, 0.25) is 0 Å². The summed E-state index contributed by atoms with van der Waals surface area (Å²) in [7, 11) is 0. The van der Waals surface area contributed by atoms with Crippen molar-refractivity contribution >= 4 is 17.9 Å². The number of hydrogen-bond acceptors (Lipinski definition) is 6. The van der Waals surface area contributed by atoms with Gasteiger partial charge < -0.3 is 14.2 Å². The molecule has 0 aromatic rings. The summed E-state index contributed by atoms with van der Waals surface area (Å²) in [6, 6.07) is 0. The molecule has 0 aliphatic heterocycles. The number of carbonyl (C=O) groups is 3. The largest absolute Gasteiger partial charge is 0.462 e. The molecule has 0 fully saturated rings. The molecular weight excluding hydrogens is 865 g/mol. The van der Waals surface area contributed by atoms with E-state index in [-0.39, 0.29) is 31.1 Å². The van der Waals surface area contributed by atoms with Crippen LogP contribution >= 0.6 is 0 Å². The first-order valence-electron chi connectivity index (χ1n) is 28.6. The molecule has 0 heterocycles. The van der Waals surface area contributed by atoms with Gasteiger partial charge in [-0.1, -0.05) is 226 Å². The number of unbranched alkanes of at least 4 members (excludes halogenated alkanes) is 20. The quantitative estimate of drug-likeness (QED) is 0.0199. The third-order valence-corrected chi connectivity index (χ3v) is 11.7. The minimum absolute atomic E-state index is 0.105. The molecule has 0 saturated carbocycles. The van der Waals surface area contributed by atoms with E-state index in [0.717, 1.165) is 128 Å². The first-order chi connectivity index (χ1) is 34.5. The molecule has 1 atom stereocenters. The van der Waals surface area contributed by atoms with E-state index in [0.29, 0.717) is 19.3 Å². The zero-order valence-corrected chi connectivity index (χ0v) is 45.2. The maximum atomic E-state index is 12.9. The summed E-state index contributed by atoms with van der Waals surface area (Å²) < 4.78 is 16.8. The van der Waals surface area contributed by atoms with Gasteiger partial charge in [0, 0.05) is 19.3 Å². The van der Waals surface area contributed by atoms with Crippen LogP contribution in [0.2, 0.25) is 0 Å². The SMILES string of the molecule is CC/C=C\C/C=C\C/C=C\C/C=C\C/C=C\CCCCCC(=O)OCC(COC(=O)CCCCCC/C=C\C/C=C\C/C=C\CC)OC(=O)CCCCCCCCCCCC/C=C\C=C/CCCCC. The summed E-state index contributed by atoms with van der Waals surface area (Å²) in [4.78, 5) is 38.2. The van der Waals surface area contributed by atoms with Gasteiger partial charge in [-0.2, -0.15) is 0 Å². The van der Waals surface area contributed by atoms with Crippen LogP contribution < -0.4 is 0 Å². The fourth-order valence-corrected chi connectivity index (χ4v) is 7.47. The van der Waals surface area contributed by atoms with E-state index < -0.39 is 6.10 Å². The summed E-state index contributed by atoms with van der Waals surface area (Å²) in [5.74, 6) is -0.963. The zero-order valence-electron chi connectivity index (χ0n) is 45.2. The van der Waals surface area contributed by atoms with Crippen molar-refractivity contribution in [3.63, 3.8) is 0 Å². The summed E-state index contributed by atoms with van der Waals surface area (Å²) >= 11 is 0. The van der Waals surface area contributed by atoms with Crippen molar-refractivity contribution in [2.45, 2.75) is 252 Å². The molecule has 0 aliphatic carbocycles. The molecule has 0 aromatic heterocycles. The van der Waals surface area contributed by atoms with Gasteiger partial charge in [0.25, 0.3) is 0 Å². The van der Waals surface area contributed by atoms with Crippen molar-refractivity contribution in [1.82, 2.24) is 0 Å². The molecule has 0 amide bonds. The fraction of sp³-hybridized carbons (Fsp3) is 0.641. The Labute approximate surface area is 431 Å². The second kappa shape index (κ2) is 57.4. The minimum Gasteiger partial charge on any atom is -0.462 e. The van der Waals surface area contributed by atoms with E-state index in [1.165, 1.54) is 77.0 Å². The lowest BCUT2D eigenvalue weighted by Gasteiger charge is -2.18. The lowest BCUT2D eigenvalue weighted by atomic mass is 10.1. The molecule has 0 aromatic carbocycles. The molecule has 0 spiro atoms. The van der Waals surface area contributed by atoms with E-state index in [2.05, 4.69) is 142 Å². The first kappa shape index (κ1) is 65.8. The number of esters is 3. The number of hydrogen-bond donors (Lipinski definition) is 0. The fourth-order valence-electron chi connectivity index (χ4n) is 7.47. The van der Waals surface area contributed by atoms with Gasteiger partial charge in [-0.15, -0.1) is 0 Å². The Hall–Kier alpha value is -4.19. The van der Waals surface area contributed by atoms with E-state index in [1.807, 2.05) is 0 Å². The van der Waals surface area contributed by atoms with Gasteiger partial charge in [0.05, 0.1) is 0 Å². The van der Waals surface area contributed by atoms with Crippen molar-refractivity contribution < 1.29 is 28.6 Å². The average Bonchev–Trinajstić information content (AvgIpc) is 3.36. The second-order valence-corrected chi connectivity index (χ2v) is 18.5. The molecule has 0 aliphatic rings. The standard InChI is InChI=1S/C64H104O6/c1-4-7-10-13-16-19-22-25-28-30-32-34-36-39-42-45-48-51-54-57-63(66)69-60-61(59-68-62(65)56-53-50-47-44-41-38-27-24-21-18-15-12-9-6-3)70-64(67)58-55-52-49-46-43-40-37-35-33-31-29-26-23-20-17-14-11-8-5-2/h7,9-10,12,16-21,23,25-28,32,34,38-39,42,61H,4-6,8,11,13-15,22,24,29-31,33,35-37,40-41,43-60H2,1-3H3/b10-7-,12-9-,19-16-,20-17-,21-18-,26-23-,28-25-,34-32-,38-27-,42-39-. The maximum Gasteiger partial charge on any atom is 0.306 e. The van der Waals surface area contributed by atoms with Gasteiger partial charge in [-0.3, -0.25) is 14.4 Å². The van der Waals surface area contributed by atoms with Crippen LogP contribution in [0.15, 0.2) is 122 Å². The van der Waals surface area contributed by atoms with Crippen LogP contribution in [0.3, 0.4) is 0 Å². The molecule has 0 bridgehead atoms. The monoisotopic (exact) mass is 969 g/mol. The Bertz CT molecular complexity index is 1490. The van der Waals surface area contributed by atoms with Crippen molar-refractivity contribution in [3.05, 3.63) is 122 Å². The Morgan fingerprint density at radius 3 is 0.971 bits per heavy atom. The first-order valence-corrected chi connectivity index (χ1v) is 28.6. The zero-order chi connectivity index (χ0) is 50.7. The Morgan fingerprint density at radius 1 is 0.314 bits per heavy atom. The number of rotatable bonds is 50. The third-order valence-electron chi connectivity index (χ3n) is 11.7. The highest BCUT2D eigenvalue weighted by Gasteiger charge is 2.19. The van der Waals surface area contributed by atoms with Crippen molar-refractivity contribution in [2.75, 3.05) is 13.2 Å². The molecule has 0 saturated heterocycles. The number of allylic oxidation sites excluding steroid dienone is 20. The molecule has 396 valence electrons. The van der Waals surface area contributed by atoms with E-state index in [1.54, 1.807) is 0 Å². The maximum absolute atomic E-state index is 12.9. The normalized spacial score (nSPS) is 13.0. The van der Waals surface area contributed by atoms with Crippen LogP contribution in [0.5, 0.6) is 0 Å². The number of carbonyl (C=O) groups excluding carboxylic acids is 3. The molecule has 70 heavy (non-hydrogen) atoms. The summed E-state index contributed by atoms with van der Waals surface area (Å²) in [5, 5.41) is 0. The third kappa shape index (κ3) is 54.7. The van der Waals surface area contributed by atoms with Crippen molar-refractivity contribution in [2.24, 2.45) is 0 Å². The molecule has 0 N–H and O–H groups in total. The van der Waals surface area contributed by atoms with Crippen LogP contribution in [0, 0.1) is 0 Å². The van der Waals surface area contributed by atoms with E-state index >= 15 is 0 Å². The predicted octanol–water partition coefficient (Wildman–Crippen LogP) is 19.3. The lowest BCUT2D eigenvalue weighted by molar-refractivity contribution is -0.167. The molecule has 0 rings (SSSR count). The molecule has 6 nitrogen and oxygen atoms in total. The topological polar surface area (TPSA) is 78.9 Å². The number of ether oxygens (including phenoxy) is 3. The van der Waals surface area contributed by atoms with Crippen molar-refractivity contribution in [1.29, 1.82) is 0 Å². The molecule has 0 radical (unpaired) electrons. The predicted molar refractivity (Wildman–Crippen MR) is 302 cm³/mol. The van der Waals surface area contributed by atoms with E-state index in [9.17, 15) is 14.4 Å². The van der Waals surface area contributed by atoms with Crippen LogP contribution in [0.1, 0.15) is 245 Å².